The lowest BCUT2D eigenvalue weighted by Gasteiger charge is -2.19. The van der Waals surface area contributed by atoms with Gasteiger partial charge >= 0.3 is 11.6 Å². The van der Waals surface area contributed by atoms with Gasteiger partial charge in [0.2, 0.25) is 0 Å². The molecule has 0 radical (unpaired) electrons. The van der Waals surface area contributed by atoms with Gasteiger partial charge in [0.05, 0.1) is 7.11 Å². The van der Waals surface area contributed by atoms with Gasteiger partial charge in [0.1, 0.15) is 16.9 Å². The highest BCUT2D eigenvalue weighted by molar-refractivity contribution is 5.85. The Morgan fingerprint density at radius 3 is 2.62 bits per heavy atom. The smallest absolute Gasteiger partial charge is 0.339 e. The first-order chi connectivity index (χ1) is 10.0. The fourth-order valence-electron chi connectivity index (χ4n) is 2.86. The van der Waals surface area contributed by atoms with Gasteiger partial charge in [0.15, 0.2) is 12.2 Å². The molecule has 2 aliphatic heterocycles. The van der Waals surface area contributed by atoms with E-state index in [1.807, 2.05) is 6.92 Å². The average Bonchev–Trinajstić information content (AvgIpc) is 3.10. The van der Waals surface area contributed by atoms with E-state index in [2.05, 4.69) is 0 Å². The Morgan fingerprint density at radius 1 is 1.19 bits per heavy atom. The van der Waals surface area contributed by atoms with Crippen molar-refractivity contribution in [2.75, 3.05) is 7.11 Å². The van der Waals surface area contributed by atoms with E-state index in [1.54, 1.807) is 18.2 Å². The standard InChI is InChI=1S/C15H12O6/c1-15-12(20-14(17)13(15)21-15)8-5-7-3-4-11(16)19-9(7)6-10(8)18-2/h3-6,12-13H,1-2H3/t12-,13+,15+/m1/s1. The van der Waals surface area contributed by atoms with Crippen molar-refractivity contribution in [2.24, 2.45) is 0 Å². The zero-order valence-corrected chi connectivity index (χ0v) is 11.4. The summed E-state index contributed by atoms with van der Waals surface area (Å²) in [6.07, 6.45) is -1.03. The maximum atomic E-state index is 11.7. The van der Waals surface area contributed by atoms with Crippen molar-refractivity contribution in [3.8, 4) is 5.75 Å². The molecular formula is C15H12O6. The van der Waals surface area contributed by atoms with Crippen molar-refractivity contribution in [1.82, 2.24) is 0 Å². The summed E-state index contributed by atoms with van der Waals surface area (Å²) in [6.45, 7) is 1.84. The maximum absolute atomic E-state index is 11.7. The number of hydrogen-bond donors (Lipinski definition) is 0. The van der Waals surface area contributed by atoms with Gasteiger partial charge in [-0.05, 0) is 19.1 Å². The van der Waals surface area contributed by atoms with E-state index < -0.39 is 23.4 Å². The van der Waals surface area contributed by atoms with E-state index in [1.165, 1.54) is 13.2 Å². The molecule has 3 atom stereocenters. The van der Waals surface area contributed by atoms with Crippen LogP contribution < -0.4 is 10.4 Å². The fourth-order valence-corrected chi connectivity index (χ4v) is 2.86. The van der Waals surface area contributed by atoms with Crippen LogP contribution in [0.2, 0.25) is 0 Å². The summed E-state index contributed by atoms with van der Waals surface area (Å²) in [6, 6.07) is 6.43. The highest BCUT2D eigenvalue weighted by Crippen LogP contribution is 2.56. The van der Waals surface area contributed by atoms with Gasteiger partial charge in [-0.3, -0.25) is 0 Å². The summed E-state index contributed by atoms with van der Waals surface area (Å²) in [7, 11) is 1.51. The number of esters is 1. The predicted molar refractivity (Wildman–Crippen MR) is 71.1 cm³/mol. The molecule has 2 saturated heterocycles. The molecule has 0 saturated carbocycles. The Balaban J connectivity index is 1.90. The highest BCUT2D eigenvalue weighted by Gasteiger charge is 2.70. The molecule has 1 aromatic heterocycles. The molecule has 0 spiro atoms. The van der Waals surface area contributed by atoms with Crippen LogP contribution >= 0.6 is 0 Å². The van der Waals surface area contributed by atoms with Crippen LogP contribution in [0.15, 0.2) is 33.5 Å². The van der Waals surface area contributed by atoms with Crippen LogP contribution in [0, 0.1) is 0 Å². The Hall–Kier alpha value is -2.34. The molecule has 2 aromatic rings. The van der Waals surface area contributed by atoms with Crippen molar-refractivity contribution in [2.45, 2.75) is 24.7 Å². The first-order valence-electron chi connectivity index (χ1n) is 6.53. The lowest BCUT2D eigenvalue weighted by molar-refractivity contribution is -0.151. The molecule has 108 valence electrons. The van der Waals surface area contributed by atoms with E-state index in [-0.39, 0.29) is 5.97 Å². The minimum absolute atomic E-state index is 0.357. The summed E-state index contributed by atoms with van der Waals surface area (Å²) in [4.78, 5) is 22.9. The van der Waals surface area contributed by atoms with Gasteiger partial charge in [-0.1, -0.05) is 0 Å². The van der Waals surface area contributed by atoms with Crippen molar-refractivity contribution < 1.29 is 23.4 Å². The molecule has 1 aromatic carbocycles. The summed E-state index contributed by atoms with van der Waals surface area (Å²) < 4.78 is 21.3. The molecule has 0 unspecified atom stereocenters. The third kappa shape index (κ3) is 1.62. The van der Waals surface area contributed by atoms with Crippen LogP contribution in [-0.2, 0) is 14.3 Å². The molecular weight excluding hydrogens is 276 g/mol. The predicted octanol–water partition coefficient (Wildman–Crippen LogP) is 1.56. The van der Waals surface area contributed by atoms with Crippen molar-refractivity contribution in [3.63, 3.8) is 0 Å². The summed E-state index contributed by atoms with van der Waals surface area (Å²) in [5.74, 6) is 0.135. The Bertz CT molecular complexity index is 823. The molecule has 0 N–H and O–H groups in total. The Kier molecular flexibility index (Phi) is 2.28. The van der Waals surface area contributed by atoms with Gasteiger partial charge in [-0.2, -0.15) is 0 Å². The second-order valence-corrected chi connectivity index (χ2v) is 5.39. The first kappa shape index (κ1) is 12.4. The lowest BCUT2D eigenvalue weighted by Crippen LogP contribution is -2.17. The number of carbonyl (C=O) groups is 1. The number of fused-ring (bicyclic) bond motifs is 2. The van der Waals surface area contributed by atoms with E-state index in [4.69, 9.17) is 18.6 Å². The summed E-state index contributed by atoms with van der Waals surface area (Å²) >= 11 is 0. The largest absolute Gasteiger partial charge is 0.496 e. The first-order valence-corrected chi connectivity index (χ1v) is 6.53. The van der Waals surface area contributed by atoms with Gasteiger partial charge in [-0.15, -0.1) is 0 Å². The third-order valence-corrected chi connectivity index (χ3v) is 4.06. The maximum Gasteiger partial charge on any atom is 0.339 e. The molecule has 6 heteroatoms. The second-order valence-electron chi connectivity index (χ2n) is 5.39. The number of ether oxygens (including phenoxy) is 3. The number of hydrogen-bond acceptors (Lipinski definition) is 6. The molecule has 0 bridgehead atoms. The van der Waals surface area contributed by atoms with E-state index in [9.17, 15) is 9.59 Å². The average molecular weight is 288 g/mol. The minimum atomic E-state index is -0.645. The number of carbonyl (C=O) groups excluding carboxylic acids is 1. The van der Waals surface area contributed by atoms with E-state index in [0.717, 1.165) is 5.39 Å². The molecule has 0 amide bonds. The van der Waals surface area contributed by atoms with Gasteiger partial charge < -0.3 is 18.6 Å². The molecule has 2 aliphatic rings. The van der Waals surface area contributed by atoms with Crippen molar-refractivity contribution >= 4 is 16.9 Å². The molecule has 21 heavy (non-hydrogen) atoms. The minimum Gasteiger partial charge on any atom is -0.496 e. The van der Waals surface area contributed by atoms with Crippen LogP contribution in [0.4, 0.5) is 0 Å². The van der Waals surface area contributed by atoms with Crippen molar-refractivity contribution in [1.29, 1.82) is 0 Å². The van der Waals surface area contributed by atoms with Crippen LogP contribution in [0.25, 0.3) is 11.0 Å². The highest BCUT2D eigenvalue weighted by atomic mass is 16.7. The molecule has 0 aliphatic carbocycles. The topological polar surface area (TPSA) is 78.3 Å². The van der Waals surface area contributed by atoms with Gasteiger partial charge in [-0.25, -0.2) is 9.59 Å². The van der Waals surface area contributed by atoms with Crippen LogP contribution in [-0.4, -0.2) is 24.8 Å². The Labute approximate surface area is 119 Å². The Morgan fingerprint density at radius 2 is 2.00 bits per heavy atom. The molecule has 6 nitrogen and oxygen atoms in total. The molecule has 4 rings (SSSR count). The lowest BCUT2D eigenvalue weighted by atomic mass is 9.94. The number of benzene rings is 1. The third-order valence-electron chi connectivity index (χ3n) is 4.06. The quantitative estimate of drug-likeness (QED) is 0.474. The number of epoxide rings is 1. The number of rotatable bonds is 2. The number of methoxy groups -OCH3 is 1. The summed E-state index contributed by atoms with van der Waals surface area (Å²) in [5, 5.41) is 0.731. The normalized spacial score (nSPS) is 30.1. The van der Waals surface area contributed by atoms with Crippen LogP contribution in [0.3, 0.4) is 0 Å². The SMILES string of the molecule is COc1cc2oc(=O)ccc2cc1[C@H]1OC(=O)[C@@H]2O[C@@]12C. The number of cyclic esters (lactones) is 1. The van der Waals surface area contributed by atoms with Gasteiger partial charge in [0.25, 0.3) is 0 Å². The fraction of sp³-hybridized carbons (Fsp3) is 0.333. The van der Waals surface area contributed by atoms with Crippen LogP contribution in [0.5, 0.6) is 5.75 Å². The summed E-state index contributed by atoms with van der Waals surface area (Å²) in [5.41, 5.74) is 0.0518. The molecule has 2 fully saturated rings. The zero-order valence-electron chi connectivity index (χ0n) is 11.4. The zero-order chi connectivity index (χ0) is 14.8. The van der Waals surface area contributed by atoms with E-state index in [0.29, 0.717) is 16.9 Å². The molecule has 3 heterocycles. The van der Waals surface area contributed by atoms with Crippen molar-refractivity contribution in [3.05, 3.63) is 40.2 Å². The second kappa shape index (κ2) is 3.85. The van der Waals surface area contributed by atoms with E-state index >= 15 is 0 Å². The van der Waals surface area contributed by atoms with Gasteiger partial charge in [0, 0.05) is 23.1 Å². The monoisotopic (exact) mass is 288 g/mol. The van der Waals surface area contributed by atoms with Crippen LogP contribution in [0.1, 0.15) is 18.6 Å².